The van der Waals surface area contributed by atoms with Crippen molar-refractivity contribution in [2.75, 3.05) is 24.7 Å². The van der Waals surface area contributed by atoms with Gasteiger partial charge in [-0.05, 0) is 18.2 Å². The van der Waals surface area contributed by atoms with Gasteiger partial charge in [0.25, 0.3) is 5.91 Å². The lowest BCUT2D eigenvalue weighted by Gasteiger charge is -2.27. The van der Waals surface area contributed by atoms with Crippen LogP contribution in [0.3, 0.4) is 0 Å². The van der Waals surface area contributed by atoms with Crippen LogP contribution >= 0.6 is 15.9 Å². The van der Waals surface area contributed by atoms with Crippen molar-refractivity contribution in [3.05, 3.63) is 28.2 Å². The molecule has 4 nitrogen and oxygen atoms in total. The number of anilines is 1. The molecule has 0 aliphatic carbocycles. The topological polar surface area (TPSA) is 53.3 Å². The number of carbonyl (C=O) groups excluding carboxylic acids is 1. The maximum absolute atomic E-state index is 11.7. The summed E-state index contributed by atoms with van der Waals surface area (Å²) in [6, 6.07) is 7.35. The third-order valence-corrected chi connectivity index (χ3v) is 2.85. The van der Waals surface area contributed by atoms with E-state index in [-0.39, 0.29) is 12.5 Å². The first-order valence-corrected chi connectivity index (χ1v) is 5.59. The molecule has 1 aliphatic rings. The summed E-state index contributed by atoms with van der Waals surface area (Å²) >= 11 is 3.33. The number of nitrogens with zero attached hydrogens (tertiary/aromatic N) is 2. The summed E-state index contributed by atoms with van der Waals surface area (Å²) in [7, 11) is 0. The first-order chi connectivity index (χ1) is 7.72. The van der Waals surface area contributed by atoms with E-state index in [1.807, 2.05) is 0 Å². The molecule has 1 aliphatic heterocycles. The second-order valence-electron chi connectivity index (χ2n) is 3.37. The first kappa shape index (κ1) is 11.1. The number of halogens is 1. The molecule has 0 spiro atoms. The second kappa shape index (κ2) is 4.64. The van der Waals surface area contributed by atoms with Crippen LogP contribution in [0.4, 0.5) is 5.69 Å². The normalized spacial score (nSPS) is 16.0. The summed E-state index contributed by atoms with van der Waals surface area (Å²) in [4.78, 5) is 13.2. The molecule has 16 heavy (non-hydrogen) atoms. The predicted molar refractivity (Wildman–Crippen MR) is 62.0 cm³/mol. The highest BCUT2D eigenvalue weighted by molar-refractivity contribution is 9.10. The molecule has 1 heterocycles. The summed E-state index contributed by atoms with van der Waals surface area (Å²) in [5, 5.41) is 8.99. The standard InChI is InChI=1S/C11H9BrN2O2/c12-9-2-1-8(6-13)10(5-9)14-3-4-16-7-11(14)15/h1-2,5H,3-4,7H2. The smallest absolute Gasteiger partial charge is 0.253 e. The van der Waals surface area contributed by atoms with Crippen molar-refractivity contribution in [2.24, 2.45) is 0 Å². The molecule has 82 valence electrons. The summed E-state index contributed by atoms with van der Waals surface area (Å²) < 4.78 is 5.90. The molecule has 1 fully saturated rings. The van der Waals surface area contributed by atoms with Gasteiger partial charge in [0.2, 0.25) is 0 Å². The number of benzene rings is 1. The van der Waals surface area contributed by atoms with Crippen LogP contribution in [0, 0.1) is 11.3 Å². The van der Waals surface area contributed by atoms with Gasteiger partial charge in [0, 0.05) is 11.0 Å². The first-order valence-electron chi connectivity index (χ1n) is 4.80. The molecular formula is C11H9BrN2O2. The van der Waals surface area contributed by atoms with Gasteiger partial charge in [0.05, 0.1) is 17.9 Å². The molecule has 0 bridgehead atoms. The highest BCUT2D eigenvalue weighted by Gasteiger charge is 2.22. The molecule has 5 heteroatoms. The van der Waals surface area contributed by atoms with Crippen LogP contribution in [-0.2, 0) is 9.53 Å². The molecule has 1 amide bonds. The summed E-state index contributed by atoms with van der Waals surface area (Å²) in [6.07, 6.45) is 0. The Kier molecular flexibility index (Phi) is 3.22. The molecule has 1 aromatic carbocycles. The molecule has 1 saturated heterocycles. The molecule has 0 N–H and O–H groups in total. The Morgan fingerprint density at radius 2 is 2.31 bits per heavy atom. The van der Waals surface area contributed by atoms with E-state index in [9.17, 15) is 4.79 Å². The van der Waals surface area contributed by atoms with Crippen LogP contribution in [0.2, 0.25) is 0 Å². The van der Waals surface area contributed by atoms with Gasteiger partial charge >= 0.3 is 0 Å². The van der Waals surface area contributed by atoms with Gasteiger partial charge in [0.1, 0.15) is 12.7 Å². The lowest BCUT2D eigenvalue weighted by molar-refractivity contribution is -0.125. The van der Waals surface area contributed by atoms with Gasteiger partial charge < -0.3 is 9.64 Å². The van der Waals surface area contributed by atoms with Crippen LogP contribution in [-0.4, -0.2) is 25.7 Å². The van der Waals surface area contributed by atoms with Gasteiger partial charge in [0.15, 0.2) is 0 Å². The van der Waals surface area contributed by atoms with E-state index in [2.05, 4.69) is 22.0 Å². The third-order valence-electron chi connectivity index (χ3n) is 2.36. The average Bonchev–Trinajstić information content (AvgIpc) is 2.29. The van der Waals surface area contributed by atoms with Gasteiger partial charge in [-0.2, -0.15) is 5.26 Å². The average molecular weight is 281 g/mol. The van der Waals surface area contributed by atoms with Crippen molar-refractivity contribution in [3.8, 4) is 6.07 Å². The van der Waals surface area contributed by atoms with Crippen molar-refractivity contribution < 1.29 is 9.53 Å². The minimum atomic E-state index is -0.110. The van der Waals surface area contributed by atoms with Crippen molar-refractivity contribution in [3.63, 3.8) is 0 Å². The lowest BCUT2D eigenvalue weighted by Crippen LogP contribution is -2.42. The van der Waals surface area contributed by atoms with E-state index in [1.165, 1.54) is 0 Å². The van der Waals surface area contributed by atoms with Crippen molar-refractivity contribution in [1.82, 2.24) is 0 Å². The number of rotatable bonds is 1. The van der Waals surface area contributed by atoms with E-state index in [4.69, 9.17) is 10.00 Å². The molecular weight excluding hydrogens is 272 g/mol. The maximum atomic E-state index is 11.7. The van der Waals surface area contributed by atoms with E-state index in [0.717, 1.165) is 4.47 Å². The fourth-order valence-electron chi connectivity index (χ4n) is 1.60. The SMILES string of the molecule is N#Cc1ccc(Br)cc1N1CCOCC1=O. The van der Waals surface area contributed by atoms with Gasteiger partial charge in [-0.25, -0.2) is 0 Å². The number of amides is 1. The van der Waals surface area contributed by atoms with E-state index in [0.29, 0.717) is 24.4 Å². The fraction of sp³-hybridized carbons (Fsp3) is 0.273. The molecule has 1 aromatic rings. The van der Waals surface area contributed by atoms with E-state index >= 15 is 0 Å². The Morgan fingerprint density at radius 3 is 3.00 bits per heavy atom. The highest BCUT2D eigenvalue weighted by atomic mass is 79.9. The molecule has 0 unspecified atom stereocenters. The van der Waals surface area contributed by atoms with Gasteiger partial charge in [-0.1, -0.05) is 15.9 Å². The largest absolute Gasteiger partial charge is 0.370 e. The Balaban J connectivity index is 2.42. The van der Waals surface area contributed by atoms with Crippen LogP contribution in [0.5, 0.6) is 0 Å². The molecule has 0 atom stereocenters. The Morgan fingerprint density at radius 1 is 1.50 bits per heavy atom. The van der Waals surface area contributed by atoms with Gasteiger partial charge in [-0.15, -0.1) is 0 Å². The Bertz CT molecular complexity index is 468. The zero-order valence-corrected chi connectivity index (χ0v) is 10.0. The summed E-state index contributed by atoms with van der Waals surface area (Å²) in [6.45, 7) is 1.07. The van der Waals surface area contributed by atoms with Crippen LogP contribution in [0.1, 0.15) is 5.56 Å². The maximum Gasteiger partial charge on any atom is 0.253 e. The third kappa shape index (κ3) is 2.08. The number of hydrogen-bond donors (Lipinski definition) is 0. The molecule has 0 saturated carbocycles. The van der Waals surface area contributed by atoms with Crippen molar-refractivity contribution >= 4 is 27.5 Å². The number of nitriles is 1. The fourth-order valence-corrected chi connectivity index (χ4v) is 1.94. The van der Waals surface area contributed by atoms with E-state index in [1.54, 1.807) is 23.1 Å². The van der Waals surface area contributed by atoms with E-state index < -0.39 is 0 Å². The number of hydrogen-bond acceptors (Lipinski definition) is 3. The quantitative estimate of drug-likeness (QED) is 0.787. The number of ether oxygens (including phenoxy) is 1. The zero-order chi connectivity index (χ0) is 11.5. The minimum absolute atomic E-state index is 0.0807. The number of morpholine rings is 1. The molecule has 0 radical (unpaired) electrons. The van der Waals surface area contributed by atoms with Crippen LogP contribution in [0.25, 0.3) is 0 Å². The second-order valence-corrected chi connectivity index (χ2v) is 4.29. The minimum Gasteiger partial charge on any atom is -0.370 e. The van der Waals surface area contributed by atoms with Crippen LogP contribution in [0.15, 0.2) is 22.7 Å². The molecule has 2 rings (SSSR count). The van der Waals surface area contributed by atoms with Gasteiger partial charge in [-0.3, -0.25) is 4.79 Å². The summed E-state index contributed by atoms with van der Waals surface area (Å²) in [5.74, 6) is -0.110. The summed E-state index contributed by atoms with van der Waals surface area (Å²) in [5.41, 5.74) is 1.14. The Hall–Kier alpha value is -1.38. The van der Waals surface area contributed by atoms with Crippen LogP contribution < -0.4 is 4.90 Å². The number of carbonyl (C=O) groups is 1. The lowest BCUT2D eigenvalue weighted by atomic mass is 10.1. The van der Waals surface area contributed by atoms with Crippen molar-refractivity contribution in [1.29, 1.82) is 5.26 Å². The molecule has 0 aromatic heterocycles. The predicted octanol–water partition coefficient (Wildman–Crippen LogP) is 1.68. The van der Waals surface area contributed by atoms with Crippen molar-refractivity contribution in [2.45, 2.75) is 0 Å². The highest BCUT2D eigenvalue weighted by Crippen LogP contribution is 2.25. The monoisotopic (exact) mass is 280 g/mol. The Labute approximate surface area is 102 Å². The zero-order valence-electron chi connectivity index (χ0n) is 8.44.